The quantitative estimate of drug-likeness (QED) is 0.342. The van der Waals surface area contributed by atoms with Gasteiger partial charge >= 0.3 is 0 Å². The van der Waals surface area contributed by atoms with Crippen LogP contribution in [0.2, 0.25) is 0 Å². The first-order chi connectivity index (χ1) is 19.3. The maximum Gasteiger partial charge on any atom is 0.243 e. The molecule has 1 saturated heterocycles. The van der Waals surface area contributed by atoms with Gasteiger partial charge in [0.25, 0.3) is 0 Å². The van der Waals surface area contributed by atoms with Crippen molar-refractivity contribution in [3.8, 4) is 11.5 Å². The SMILES string of the molecule is COc1ccc(S(=O)(=O)N(CC(=O)N2CCc3sccc3C2COc2ccc(C)cc2C)CC2CCCO2)cc1. The zero-order chi connectivity index (χ0) is 28.3. The second-order valence-corrected chi connectivity index (χ2v) is 13.3. The van der Waals surface area contributed by atoms with Crippen molar-refractivity contribution in [3.05, 3.63) is 75.5 Å². The topological polar surface area (TPSA) is 85.4 Å². The van der Waals surface area contributed by atoms with Crippen LogP contribution in [-0.4, -0.2) is 69.6 Å². The Labute approximate surface area is 240 Å². The fraction of sp³-hybridized carbons (Fsp3) is 0.433. The summed E-state index contributed by atoms with van der Waals surface area (Å²) in [6.45, 7) is 5.29. The van der Waals surface area contributed by atoms with Crippen LogP contribution in [0.25, 0.3) is 0 Å². The van der Waals surface area contributed by atoms with Crippen LogP contribution in [0.3, 0.4) is 0 Å². The van der Waals surface area contributed by atoms with Gasteiger partial charge in [0, 0.05) is 24.6 Å². The van der Waals surface area contributed by atoms with Gasteiger partial charge in [-0.05, 0) is 86.0 Å². The summed E-state index contributed by atoms with van der Waals surface area (Å²) in [4.78, 5) is 17.1. The lowest BCUT2D eigenvalue weighted by molar-refractivity contribution is -0.135. The standard InChI is InChI=1S/C30H36N2O6S2/c1-21-6-11-28(22(2)17-21)38-20-27-26-13-16-39-29(26)12-14-32(27)30(33)19-31(18-24-5-4-15-37-24)40(34,35)25-9-7-23(36-3)8-10-25/h6-11,13,16-17,24,27H,4-5,12,14-15,18-20H2,1-3H3. The molecule has 2 aliphatic rings. The lowest BCUT2D eigenvalue weighted by atomic mass is 10.0. The fourth-order valence-corrected chi connectivity index (χ4v) is 7.76. The minimum Gasteiger partial charge on any atom is -0.497 e. The number of fused-ring (bicyclic) bond motifs is 1. The number of hydrogen-bond acceptors (Lipinski definition) is 7. The van der Waals surface area contributed by atoms with Crippen molar-refractivity contribution in [3.63, 3.8) is 0 Å². The lowest BCUT2D eigenvalue weighted by Crippen LogP contribution is -2.49. The average Bonchev–Trinajstić information content (AvgIpc) is 3.64. The number of methoxy groups -OCH3 is 1. The lowest BCUT2D eigenvalue weighted by Gasteiger charge is -2.37. The molecule has 0 radical (unpaired) electrons. The Bertz CT molecular complexity index is 1430. The molecule has 0 bridgehead atoms. The summed E-state index contributed by atoms with van der Waals surface area (Å²) < 4.78 is 46.1. The molecule has 0 N–H and O–H groups in total. The van der Waals surface area contributed by atoms with E-state index in [1.165, 1.54) is 28.4 Å². The number of thiophene rings is 1. The number of sulfonamides is 1. The summed E-state index contributed by atoms with van der Waals surface area (Å²) in [5.74, 6) is 1.09. The van der Waals surface area contributed by atoms with Crippen molar-refractivity contribution in [2.75, 3.05) is 40.0 Å². The minimum atomic E-state index is -3.96. The maximum absolute atomic E-state index is 13.9. The van der Waals surface area contributed by atoms with Gasteiger partial charge in [-0.3, -0.25) is 4.79 Å². The molecule has 10 heteroatoms. The van der Waals surface area contributed by atoms with Crippen LogP contribution in [0.1, 0.15) is 40.5 Å². The predicted molar refractivity (Wildman–Crippen MR) is 155 cm³/mol. The Morgan fingerprint density at radius 1 is 1.15 bits per heavy atom. The number of carbonyl (C=O) groups is 1. The van der Waals surface area contributed by atoms with Gasteiger partial charge in [-0.25, -0.2) is 8.42 Å². The fourth-order valence-electron chi connectivity index (χ4n) is 5.41. The Hall–Kier alpha value is -2.92. The first-order valence-electron chi connectivity index (χ1n) is 13.6. The van der Waals surface area contributed by atoms with Crippen molar-refractivity contribution in [2.24, 2.45) is 0 Å². The molecule has 0 saturated carbocycles. The second kappa shape index (κ2) is 12.3. The van der Waals surface area contributed by atoms with Crippen LogP contribution in [0, 0.1) is 13.8 Å². The second-order valence-electron chi connectivity index (χ2n) is 10.3. The van der Waals surface area contributed by atoms with Gasteiger partial charge in [-0.15, -0.1) is 11.3 Å². The number of amides is 1. The van der Waals surface area contributed by atoms with E-state index in [0.717, 1.165) is 41.7 Å². The minimum absolute atomic E-state index is 0.118. The molecule has 3 aromatic rings. The summed E-state index contributed by atoms with van der Waals surface area (Å²) in [6.07, 6.45) is 2.13. The summed E-state index contributed by atoms with van der Waals surface area (Å²) >= 11 is 1.68. The van der Waals surface area contributed by atoms with E-state index in [9.17, 15) is 13.2 Å². The van der Waals surface area contributed by atoms with Crippen LogP contribution in [0.4, 0.5) is 0 Å². The molecule has 2 aromatic carbocycles. The van der Waals surface area contributed by atoms with Crippen molar-refractivity contribution >= 4 is 27.3 Å². The number of hydrogen-bond donors (Lipinski definition) is 0. The third-order valence-corrected chi connectivity index (χ3v) is 10.4. The molecule has 0 aliphatic carbocycles. The van der Waals surface area contributed by atoms with Crippen molar-refractivity contribution in [1.29, 1.82) is 0 Å². The van der Waals surface area contributed by atoms with Crippen LogP contribution in [-0.2, 0) is 26.0 Å². The van der Waals surface area contributed by atoms with Gasteiger partial charge < -0.3 is 19.1 Å². The summed E-state index contributed by atoms with van der Waals surface area (Å²) in [5, 5.41) is 2.04. The smallest absolute Gasteiger partial charge is 0.243 e. The monoisotopic (exact) mass is 584 g/mol. The zero-order valence-corrected chi connectivity index (χ0v) is 24.8. The van der Waals surface area contributed by atoms with E-state index in [0.29, 0.717) is 18.9 Å². The van der Waals surface area contributed by atoms with E-state index in [2.05, 4.69) is 6.07 Å². The molecule has 0 spiro atoms. The van der Waals surface area contributed by atoms with E-state index < -0.39 is 10.0 Å². The highest BCUT2D eigenvalue weighted by Gasteiger charge is 2.36. The Kier molecular flexibility index (Phi) is 8.80. The predicted octanol–water partition coefficient (Wildman–Crippen LogP) is 4.75. The van der Waals surface area contributed by atoms with Crippen LogP contribution in [0.15, 0.2) is 58.8 Å². The third-order valence-electron chi connectivity index (χ3n) is 7.58. The Morgan fingerprint density at radius 2 is 1.95 bits per heavy atom. The Morgan fingerprint density at radius 3 is 2.65 bits per heavy atom. The van der Waals surface area contributed by atoms with E-state index in [1.54, 1.807) is 28.4 Å². The molecular formula is C30H36N2O6S2. The van der Waals surface area contributed by atoms with Gasteiger partial charge in [0.15, 0.2) is 0 Å². The maximum atomic E-state index is 13.9. The van der Waals surface area contributed by atoms with Gasteiger partial charge in [0.05, 0.1) is 30.7 Å². The van der Waals surface area contributed by atoms with E-state index in [-0.39, 0.29) is 42.6 Å². The molecule has 1 amide bonds. The molecule has 1 aromatic heterocycles. The number of rotatable bonds is 10. The van der Waals surface area contributed by atoms with Crippen LogP contribution >= 0.6 is 11.3 Å². The number of aryl methyl sites for hydroxylation is 2. The van der Waals surface area contributed by atoms with Crippen molar-refractivity contribution in [2.45, 2.75) is 50.2 Å². The molecule has 5 rings (SSSR count). The molecule has 3 heterocycles. The molecule has 40 heavy (non-hydrogen) atoms. The third kappa shape index (κ3) is 6.20. The largest absolute Gasteiger partial charge is 0.497 e. The highest BCUT2D eigenvalue weighted by Crippen LogP contribution is 2.35. The van der Waals surface area contributed by atoms with Gasteiger partial charge in [0.1, 0.15) is 18.1 Å². The van der Waals surface area contributed by atoms with Gasteiger partial charge in [-0.2, -0.15) is 4.31 Å². The highest BCUT2D eigenvalue weighted by molar-refractivity contribution is 7.89. The summed E-state index contributed by atoms with van der Waals surface area (Å²) in [7, 11) is -2.43. The van der Waals surface area contributed by atoms with Crippen LogP contribution < -0.4 is 9.47 Å². The van der Waals surface area contributed by atoms with E-state index >= 15 is 0 Å². The molecule has 8 nitrogen and oxygen atoms in total. The first-order valence-corrected chi connectivity index (χ1v) is 15.9. The highest BCUT2D eigenvalue weighted by atomic mass is 32.2. The number of ether oxygens (including phenoxy) is 3. The molecule has 214 valence electrons. The molecule has 1 fully saturated rings. The molecule has 2 aliphatic heterocycles. The first kappa shape index (κ1) is 28.6. The zero-order valence-electron chi connectivity index (χ0n) is 23.2. The van der Waals surface area contributed by atoms with Crippen molar-refractivity contribution in [1.82, 2.24) is 9.21 Å². The number of carbonyl (C=O) groups excluding carboxylic acids is 1. The van der Waals surface area contributed by atoms with E-state index in [1.807, 2.05) is 37.4 Å². The van der Waals surface area contributed by atoms with E-state index in [4.69, 9.17) is 14.2 Å². The molecule has 2 atom stereocenters. The normalized spacial score (nSPS) is 19.1. The number of benzene rings is 2. The van der Waals surface area contributed by atoms with Crippen LogP contribution in [0.5, 0.6) is 11.5 Å². The Balaban J connectivity index is 1.39. The van der Waals surface area contributed by atoms with Gasteiger partial charge in [0.2, 0.25) is 15.9 Å². The van der Waals surface area contributed by atoms with Gasteiger partial charge in [-0.1, -0.05) is 17.7 Å². The molecular weight excluding hydrogens is 548 g/mol. The molecule has 2 unspecified atom stereocenters. The number of nitrogens with zero attached hydrogens (tertiary/aromatic N) is 2. The summed E-state index contributed by atoms with van der Waals surface area (Å²) in [6, 6.07) is 14.0. The van der Waals surface area contributed by atoms with Crippen molar-refractivity contribution < 1.29 is 27.4 Å². The summed E-state index contributed by atoms with van der Waals surface area (Å²) in [5.41, 5.74) is 3.26. The average molecular weight is 585 g/mol.